The molecule has 4 heterocycles. The maximum atomic E-state index is 13.1. The van der Waals surface area contributed by atoms with Crippen LogP contribution in [0.5, 0.6) is 0 Å². The largest absolute Gasteiger partial charge is 0.376 e. The molecule has 4 rings (SSSR count). The third-order valence-corrected chi connectivity index (χ3v) is 6.89. The third-order valence-electron chi connectivity index (χ3n) is 5.66. The first-order valence-corrected chi connectivity index (χ1v) is 9.84. The fraction of sp³-hybridized carbons (Fsp3) is 0.722. The Morgan fingerprint density at radius 3 is 2.96 bits per heavy atom. The summed E-state index contributed by atoms with van der Waals surface area (Å²) in [6, 6.07) is 3.08. The fourth-order valence-corrected chi connectivity index (χ4v) is 5.62. The van der Waals surface area contributed by atoms with Gasteiger partial charge in [0.1, 0.15) is 0 Å². The van der Waals surface area contributed by atoms with E-state index in [9.17, 15) is 4.79 Å². The van der Waals surface area contributed by atoms with Crippen molar-refractivity contribution in [3.8, 4) is 0 Å². The molecule has 0 N–H and O–H groups in total. The summed E-state index contributed by atoms with van der Waals surface area (Å²) < 4.78 is 5.52. The summed E-state index contributed by atoms with van der Waals surface area (Å²) >= 11 is 1.70. The summed E-state index contributed by atoms with van der Waals surface area (Å²) in [6.07, 6.45) is 5.81. The maximum Gasteiger partial charge on any atom is 0.264 e. The van der Waals surface area contributed by atoms with Gasteiger partial charge in [-0.1, -0.05) is 6.92 Å². The Balaban J connectivity index is 1.54. The van der Waals surface area contributed by atoms with Crippen LogP contribution >= 0.6 is 11.3 Å². The molecule has 2 saturated heterocycles. The number of rotatable bonds is 3. The minimum absolute atomic E-state index is 0.259. The number of nitrogens with zero attached hydrogens (tertiary/aromatic N) is 2. The van der Waals surface area contributed by atoms with Crippen LogP contribution in [0.15, 0.2) is 6.07 Å². The van der Waals surface area contributed by atoms with Crippen molar-refractivity contribution in [2.75, 3.05) is 26.2 Å². The molecular weight excluding hydrogens is 308 g/mol. The van der Waals surface area contributed by atoms with Gasteiger partial charge in [0.15, 0.2) is 0 Å². The summed E-state index contributed by atoms with van der Waals surface area (Å²) in [6.45, 7) is 6.94. The molecule has 1 amide bonds. The molecule has 23 heavy (non-hydrogen) atoms. The second-order valence-corrected chi connectivity index (χ2v) is 8.04. The quantitative estimate of drug-likeness (QED) is 0.852. The zero-order chi connectivity index (χ0) is 15.8. The van der Waals surface area contributed by atoms with Crippen LogP contribution in [0.4, 0.5) is 0 Å². The van der Waals surface area contributed by atoms with E-state index >= 15 is 0 Å². The number of amides is 1. The van der Waals surface area contributed by atoms with Gasteiger partial charge >= 0.3 is 0 Å². The Morgan fingerprint density at radius 2 is 2.13 bits per heavy atom. The molecule has 1 aromatic rings. The molecule has 0 bridgehead atoms. The second kappa shape index (κ2) is 6.54. The maximum absolute atomic E-state index is 13.1. The van der Waals surface area contributed by atoms with Crippen molar-refractivity contribution in [3.63, 3.8) is 0 Å². The lowest BCUT2D eigenvalue weighted by Gasteiger charge is -2.34. The minimum Gasteiger partial charge on any atom is -0.376 e. The average Bonchev–Trinajstić information content (AvgIpc) is 3.30. The lowest BCUT2D eigenvalue weighted by molar-refractivity contribution is 0.0654. The van der Waals surface area contributed by atoms with Crippen LogP contribution in [0.1, 0.15) is 52.7 Å². The van der Waals surface area contributed by atoms with E-state index in [4.69, 9.17) is 4.74 Å². The molecule has 3 aliphatic rings. The van der Waals surface area contributed by atoms with Gasteiger partial charge in [-0.15, -0.1) is 11.3 Å². The highest BCUT2D eigenvalue weighted by Gasteiger charge is 2.39. The van der Waals surface area contributed by atoms with Crippen molar-refractivity contribution >= 4 is 17.2 Å². The normalized spacial score (nSPS) is 28.3. The van der Waals surface area contributed by atoms with Crippen molar-refractivity contribution in [1.82, 2.24) is 9.80 Å². The van der Waals surface area contributed by atoms with E-state index in [2.05, 4.69) is 22.8 Å². The molecule has 1 aromatic heterocycles. The number of thiophene rings is 1. The fourth-order valence-electron chi connectivity index (χ4n) is 4.52. The molecule has 126 valence electrons. The van der Waals surface area contributed by atoms with Gasteiger partial charge in [0.2, 0.25) is 0 Å². The molecule has 5 heteroatoms. The van der Waals surface area contributed by atoms with E-state index in [1.807, 2.05) is 0 Å². The summed E-state index contributed by atoms with van der Waals surface area (Å²) in [7, 11) is 0. The highest BCUT2D eigenvalue weighted by atomic mass is 32.1. The summed E-state index contributed by atoms with van der Waals surface area (Å²) in [5.41, 5.74) is 1.23. The van der Waals surface area contributed by atoms with Gasteiger partial charge in [0.05, 0.1) is 18.1 Å². The Hall–Kier alpha value is -0.910. The standard InChI is InChI=1S/C18H26N2O2S/c1-2-19-8-3-5-14(19)15-6-4-9-20(15)18(21)17-11-13-12-22-10-7-16(13)23-17/h11,14-15H,2-10,12H2,1H3/t14-,15-/m1/s1. The van der Waals surface area contributed by atoms with Crippen LogP contribution in [0.25, 0.3) is 0 Å². The number of likely N-dealkylation sites (N-methyl/N-ethyl adjacent to an activating group) is 1. The van der Waals surface area contributed by atoms with E-state index in [0.29, 0.717) is 18.7 Å². The zero-order valence-electron chi connectivity index (χ0n) is 13.9. The van der Waals surface area contributed by atoms with Gasteiger partial charge in [0, 0.05) is 29.9 Å². The van der Waals surface area contributed by atoms with Crippen LogP contribution in [-0.2, 0) is 17.8 Å². The average molecular weight is 334 g/mol. The van der Waals surface area contributed by atoms with Crippen molar-refractivity contribution in [2.24, 2.45) is 0 Å². The first-order chi connectivity index (χ1) is 11.3. The molecular formula is C18H26N2O2S. The second-order valence-electron chi connectivity index (χ2n) is 6.91. The number of hydrogen-bond donors (Lipinski definition) is 0. The van der Waals surface area contributed by atoms with E-state index in [-0.39, 0.29) is 5.91 Å². The number of ether oxygens (including phenoxy) is 1. The molecule has 2 atom stereocenters. The lowest BCUT2D eigenvalue weighted by atomic mass is 10.0. The molecule has 0 saturated carbocycles. The van der Waals surface area contributed by atoms with Gasteiger partial charge in [-0.05, 0) is 50.4 Å². The molecule has 4 nitrogen and oxygen atoms in total. The minimum atomic E-state index is 0.259. The van der Waals surface area contributed by atoms with Gasteiger partial charge in [0.25, 0.3) is 5.91 Å². The molecule has 3 aliphatic heterocycles. The van der Waals surface area contributed by atoms with Crippen LogP contribution in [-0.4, -0.2) is 54.0 Å². The van der Waals surface area contributed by atoms with Gasteiger partial charge in [-0.3, -0.25) is 9.69 Å². The SMILES string of the molecule is CCN1CCC[C@@H]1[C@H]1CCCN1C(=O)c1cc2c(s1)CCOC2. The highest BCUT2D eigenvalue weighted by molar-refractivity contribution is 7.14. The number of fused-ring (bicyclic) bond motifs is 1. The Bertz CT molecular complexity index is 562. The molecule has 0 spiro atoms. The molecule has 0 aromatic carbocycles. The van der Waals surface area contributed by atoms with Crippen LogP contribution in [0, 0.1) is 0 Å². The monoisotopic (exact) mass is 334 g/mol. The summed E-state index contributed by atoms with van der Waals surface area (Å²) in [4.78, 5) is 20.1. The first-order valence-electron chi connectivity index (χ1n) is 9.02. The molecule has 0 aliphatic carbocycles. The lowest BCUT2D eigenvalue weighted by Crippen LogP contribution is -2.48. The molecule has 0 unspecified atom stereocenters. The summed E-state index contributed by atoms with van der Waals surface area (Å²) in [5, 5.41) is 0. The number of carbonyl (C=O) groups is 1. The van der Waals surface area contributed by atoms with Crippen LogP contribution < -0.4 is 0 Å². The van der Waals surface area contributed by atoms with E-state index in [0.717, 1.165) is 37.4 Å². The van der Waals surface area contributed by atoms with Crippen molar-refractivity contribution in [2.45, 2.75) is 57.7 Å². The Kier molecular flexibility index (Phi) is 4.43. The predicted molar refractivity (Wildman–Crippen MR) is 92.0 cm³/mol. The topological polar surface area (TPSA) is 32.8 Å². The smallest absolute Gasteiger partial charge is 0.264 e. The van der Waals surface area contributed by atoms with Gasteiger partial charge < -0.3 is 9.64 Å². The molecule has 2 fully saturated rings. The van der Waals surface area contributed by atoms with Gasteiger partial charge in [-0.25, -0.2) is 0 Å². The Morgan fingerprint density at radius 1 is 1.30 bits per heavy atom. The van der Waals surface area contributed by atoms with Crippen LogP contribution in [0.2, 0.25) is 0 Å². The zero-order valence-corrected chi connectivity index (χ0v) is 14.7. The highest BCUT2D eigenvalue weighted by Crippen LogP contribution is 2.33. The van der Waals surface area contributed by atoms with E-state index < -0.39 is 0 Å². The summed E-state index contributed by atoms with van der Waals surface area (Å²) in [5.74, 6) is 0.259. The van der Waals surface area contributed by atoms with E-state index in [1.165, 1.54) is 36.2 Å². The van der Waals surface area contributed by atoms with Crippen molar-refractivity contribution < 1.29 is 9.53 Å². The predicted octanol–water partition coefficient (Wildman–Crippen LogP) is 2.91. The van der Waals surface area contributed by atoms with Gasteiger partial charge in [-0.2, -0.15) is 0 Å². The Labute approximate surface area is 142 Å². The number of carbonyl (C=O) groups excluding carboxylic acids is 1. The first kappa shape index (κ1) is 15.6. The van der Waals surface area contributed by atoms with Crippen molar-refractivity contribution in [1.29, 1.82) is 0 Å². The number of likely N-dealkylation sites (tertiary alicyclic amines) is 2. The van der Waals surface area contributed by atoms with Crippen molar-refractivity contribution in [3.05, 3.63) is 21.4 Å². The van der Waals surface area contributed by atoms with E-state index in [1.54, 1.807) is 11.3 Å². The van der Waals surface area contributed by atoms with Crippen LogP contribution in [0.3, 0.4) is 0 Å². The molecule has 0 radical (unpaired) electrons. The third kappa shape index (κ3) is 2.83. The number of hydrogen-bond acceptors (Lipinski definition) is 4.